The lowest BCUT2D eigenvalue weighted by atomic mass is 9.69. The fourth-order valence-corrected chi connectivity index (χ4v) is 2.35. The number of ether oxygens (including phenoxy) is 1. The van der Waals surface area contributed by atoms with Crippen LogP contribution >= 0.6 is 0 Å². The number of nitrogens with zero attached hydrogens (tertiary/aromatic N) is 1. The molecule has 1 rings (SSSR count). The average Bonchev–Trinajstić information content (AvgIpc) is 2.37. The average molecular weight is 286 g/mol. The largest absolute Gasteiger partial charge is 0.481 e. The van der Waals surface area contributed by atoms with Crippen molar-refractivity contribution in [1.82, 2.24) is 10.2 Å². The van der Waals surface area contributed by atoms with Crippen LogP contribution in [-0.2, 0) is 9.53 Å². The number of nitrogens with one attached hydrogen (secondary N) is 1. The molecular formula is C14H26N2O4. The first-order valence-corrected chi connectivity index (χ1v) is 7.23. The van der Waals surface area contributed by atoms with Crippen LogP contribution in [0.1, 0.15) is 39.5 Å². The molecule has 2 amide bonds. The predicted molar refractivity (Wildman–Crippen MR) is 75.7 cm³/mol. The molecule has 0 spiro atoms. The van der Waals surface area contributed by atoms with Crippen molar-refractivity contribution in [3.63, 3.8) is 0 Å². The van der Waals surface area contributed by atoms with Gasteiger partial charge in [-0.1, -0.05) is 13.3 Å². The van der Waals surface area contributed by atoms with Gasteiger partial charge in [-0.05, 0) is 26.2 Å². The van der Waals surface area contributed by atoms with Crippen LogP contribution in [0, 0.1) is 5.41 Å². The molecule has 0 bridgehead atoms. The summed E-state index contributed by atoms with van der Waals surface area (Å²) in [6.45, 7) is 5.19. The van der Waals surface area contributed by atoms with Crippen molar-refractivity contribution in [2.75, 3.05) is 26.8 Å². The Hall–Kier alpha value is -1.30. The molecule has 6 nitrogen and oxygen atoms in total. The summed E-state index contributed by atoms with van der Waals surface area (Å²) in [4.78, 5) is 25.2. The first-order valence-electron chi connectivity index (χ1n) is 7.23. The van der Waals surface area contributed by atoms with E-state index in [-0.39, 0.29) is 18.6 Å². The van der Waals surface area contributed by atoms with Crippen molar-refractivity contribution in [2.24, 2.45) is 5.41 Å². The van der Waals surface area contributed by atoms with Gasteiger partial charge in [-0.3, -0.25) is 4.79 Å². The van der Waals surface area contributed by atoms with Gasteiger partial charge in [0.1, 0.15) is 0 Å². The summed E-state index contributed by atoms with van der Waals surface area (Å²) in [5, 5.41) is 12.0. The van der Waals surface area contributed by atoms with Crippen LogP contribution < -0.4 is 5.32 Å². The van der Waals surface area contributed by atoms with E-state index in [2.05, 4.69) is 5.32 Å². The third-order valence-corrected chi connectivity index (χ3v) is 4.26. The Morgan fingerprint density at radius 1 is 1.45 bits per heavy atom. The number of hydrogen-bond acceptors (Lipinski definition) is 3. The third-order valence-electron chi connectivity index (χ3n) is 4.26. The third kappa shape index (κ3) is 3.85. The van der Waals surface area contributed by atoms with Gasteiger partial charge in [-0.2, -0.15) is 0 Å². The second kappa shape index (κ2) is 7.47. The van der Waals surface area contributed by atoms with Gasteiger partial charge in [0, 0.05) is 26.2 Å². The molecule has 0 aliphatic heterocycles. The molecule has 0 saturated heterocycles. The van der Waals surface area contributed by atoms with Gasteiger partial charge in [0.25, 0.3) is 0 Å². The lowest BCUT2D eigenvalue weighted by Crippen LogP contribution is -2.52. The van der Waals surface area contributed by atoms with E-state index in [1.165, 1.54) is 0 Å². The number of methoxy groups -OCH3 is 1. The molecule has 1 atom stereocenters. The molecule has 0 aromatic carbocycles. The Labute approximate surface area is 120 Å². The van der Waals surface area contributed by atoms with Gasteiger partial charge in [-0.25, -0.2) is 4.79 Å². The minimum absolute atomic E-state index is 0.104. The lowest BCUT2D eigenvalue weighted by molar-refractivity contribution is -0.153. The van der Waals surface area contributed by atoms with Gasteiger partial charge in [0.15, 0.2) is 0 Å². The van der Waals surface area contributed by atoms with Gasteiger partial charge in [0.2, 0.25) is 0 Å². The number of carboxylic acids is 1. The van der Waals surface area contributed by atoms with Crippen LogP contribution in [0.4, 0.5) is 4.79 Å². The van der Waals surface area contributed by atoms with Gasteiger partial charge >= 0.3 is 12.0 Å². The van der Waals surface area contributed by atoms with E-state index in [1.807, 2.05) is 13.8 Å². The zero-order chi connectivity index (χ0) is 15.2. The highest BCUT2D eigenvalue weighted by atomic mass is 16.5. The summed E-state index contributed by atoms with van der Waals surface area (Å²) >= 11 is 0. The summed E-state index contributed by atoms with van der Waals surface area (Å²) in [5.74, 6) is -0.809. The summed E-state index contributed by atoms with van der Waals surface area (Å²) < 4.78 is 5.02. The normalized spacial score (nSPS) is 17.9. The highest BCUT2D eigenvalue weighted by Crippen LogP contribution is 2.40. The number of hydrogen-bond donors (Lipinski definition) is 2. The van der Waals surface area contributed by atoms with E-state index in [0.717, 1.165) is 12.8 Å². The zero-order valence-electron chi connectivity index (χ0n) is 12.6. The molecular weight excluding hydrogens is 260 g/mol. The molecule has 0 aromatic rings. The maximum absolute atomic E-state index is 12.2. The molecule has 1 fully saturated rings. The monoisotopic (exact) mass is 286 g/mol. The fraction of sp³-hybridized carbons (Fsp3) is 0.857. The first kappa shape index (κ1) is 16.8. The predicted octanol–water partition coefficient (Wildman–Crippen LogP) is 1.70. The van der Waals surface area contributed by atoms with Crippen LogP contribution in [0.25, 0.3) is 0 Å². The number of carbonyl (C=O) groups is 2. The maximum Gasteiger partial charge on any atom is 0.317 e. The van der Waals surface area contributed by atoms with Crippen LogP contribution in [0.15, 0.2) is 0 Å². The highest BCUT2D eigenvalue weighted by Gasteiger charge is 2.44. The minimum Gasteiger partial charge on any atom is -0.481 e. The second-order valence-corrected chi connectivity index (χ2v) is 5.54. The molecule has 0 aromatic heterocycles. The maximum atomic E-state index is 12.2. The van der Waals surface area contributed by atoms with Crippen molar-refractivity contribution in [1.29, 1.82) is 0 Å². The van der Waals surface area contributed by atoms with Crippen molar-refractivity contribution in [3.8, 4) is 0 Å². The molecule has 1 aliphatic carbocycles. The Morgan fingerprint density at radius 2 is 2.10 bits per heavy atom. The smallest absolute Gasteiger partial charge is 0.317 e. The number of urea groups is 1. The number of aliphatic carboxylic acids is 1. The molecule has 116 valence electrons. The molecule has 1 aliphatic rings. The molecule has 20 heavy (non-hydrogen) atoms. The topological polar surface area (TPSA) is 78.9 Å². The Kier molecular flexibility index (Phi) is 6.26. The minimum atomic E-state index is -0.809. The summed E-state index contributed by atoms with van der Waals surface area (Å²) in [7, 11) is 1.60. The number of carboxylic acid groups (broad SMARTS) is 1. The summed E-state index contributed by atoms with van der Waals surface area (Å²) in [5.41, 5.74) is -0.752. The molecule has 1 unspecified atom stereocenters. The second-order valence-electron chi connectivity index (χ2n) is 5.54. The standard InChI is InChI=1S/C14H26N2O4/c1-4-11(2)16(8-9-20-3)13(19)15-10-14(12(17)18)6-5-7-14/h11H,4-10H2,1-3H3,(H,15,19)(H,17,18). The van der Waals surface area contributed by atoms with Crippen LogP contribution in [0.3, 0.4) is 0 Å². The Balaban J connectivity index is 2.55. The number of carbonyl (C=O) groups excluding carboxylic acids is 1. The molecule has 0 radical (unpaired) electrons. The van der Waals surface area contributed by atoms with Gasteiger partial charge in [-0.15, -0.1) is 0 Å². The SMILES string of the molecule is CCC(C)N(CCOC)C(=O)NCC1(C(=O)O)CCC1. The highest BCUT2D eigenvalue weighted by molar-refractivity contribution is 5.79. The van der Waals surface area contributed by atoms with E-state index < -0.39 is 11.4 Å². The number of rotatable bonds is 8. The van der Waals surface area contributed by atoms with Crippen LogP contribution in [0.5, 0.6) is 0 Å². The van der Waals surface area contributed by atoms with Crippen LogP contribution in [0.2, 0.25) is 0 Å². The van der Waals surface area contributed by atoms with Crippen molar-refractivity contribution in [3.05, 3.63) is 0 Å². The number of amides is 2. The quantitative estimate of drug-likeness (QED) is 0.712. The van der Waals surface area contributed by atoms with Crippen molar-refractivity contribution < 1.29 is 19.4 Å². The Bertz CT molecular complexity index is 342. The van der Waals surface area contributed by atoms with E-state index in [1.54, 1.807) is 12.0 Å². The van der Waals surface area contributed by atoms with Gasteiger partial charge in [0.05, 0.1) is 12.0 Å². The molecule has 2 N–H and O–H groups in total. The summed E-state index contributed by atoms with van der Waals surface area (Å²) in [6, 6.07) is -0.101. The van der Waals surface area contributed by atoms with E-state index in [9.17, 15) is 14.7 Å². The molecule has 6 heteroatoms. The van der Waals surface area contributed by atoms with Gasteiger partial charge < -0.3 is 20.1 Å². The fourth-order valence-electron chi connectivity index (χ4n) is 2.35. The Morgan fingerprint density at radius 3 is 2.50 bits per heavy atom. The molecule has 0 heterocycles. The first-order chi connectivity index (χ1) is 9.46. The van der Waals surface area contributed by atoms with Crippen molar-refractivity contribution >= 4 is 12.0 Å². The zero-order valence-corrected chi connectivity index (χ0v) is 12.6. The summed E-state index contributed by atoms with van der Waals surface area (Å²) in [6.07, 6.45) is 3.05. The van der Waals surface area contributed by atoms with Crippen LogP contribution in [-0.4, -0.2) is 54.9 Å². The van der Waals surface area contributed by atoms with E-state index >= 15 is 0 Å². The van der Waals surface area contributed by atoms with E-state index in [4.69, 9.17) is 4.74 Å². The lowest BCUT2D eigenvalue weighted by Gasteiger charge is -2.38. The molecule has 1 saturated carbocycles. The van der Waals surface area contributed by atoms with Crippen molar-refractivity contribution in [2.45, 2.75) is 45.6 Å². The van der Waals surface area contributed by atoms with E-state index in [0.29, 0.717) is 26.0 Å².